The van der Waals surface area contributed by atoms with Crippen molar-refractivity contribution in [3.05, 3.63) is 29.8 Å². The van der Waals surface area contributed by atoms with Gasteiger partial charge in [-0.05, 0) is 31.0 Å². The Bertz CT molecular complexity index is 455. The summed E-state index contributed by atoms with van der Waals surface area (Å²) in [6, 6.07) is 5.72. The molecule has 1 saturated carbocycles. The smallest absolute Gasteiger partial charge is 0.399 e. The third-order valence-corrected chi connectivity index (χ3v) is 2.73. The van der Waals surface area contributed by atoms with Gasteiger partial charge in [0.05, 0.1) is 0 Å². The number of anilines is 1. The normalized spacial score (nSPS) is 15.5. The zero-order chi connectivity index (χ0) is 13.3. The zero-order valence-electron chi connectivity index (χ0n) is 9.57. The highest BCUT2D eigenvalue weighted by atomic mass is 19.4. The molecule has 1 aliphatic carbocycles. The Hall–Kier alpha value is -1.72. The number of carbonyl (C=O) groups is 1. The number of nitrogens with zero attached hydrogens (tertiary/aromatic N) is 1. The number of benzene rings is 1. The van der Waals surface area contributed by atoms with Gasteiger partial charge in [-0.2, -0.15) is 13.2 Å². The molecular weight excluding hydrogens is 245 g/mol. The Balaban J connectivity index is 2.18. The maximum absolute atomic E-state index is 12.4. The topological polar surface area (TPSA) is 46.3 Å². The van der Waals surface area contributed by atoms with Gasteiger partial charge in [-0.3, -0.25) is 4.79 Å². The van der Waals surface area contributed by atoms with E-state index in [1.807, 2.05) is 0 Å². The van der Waals surface area contributed by atoms with E-state index >= 15 is 0 Å². The van der Waals surface area contributed by atoms with Crippen molar-refractivity contribution in [1.29, 1.82) is 0 Å². The second kappa shape index (κ2) is 4.51. The Kier molecular flexibility index (Phi) is 3.19. The number of hydrogen-bond acceptors (Lipinski definition) is 2. The van der Waals surface area contributed by atoms with Crippen molar-refractivity contribution in [2.75, 3.05) is 12.3 Å². The molecule has 3 nitrogen and oxygen atoms in total. The van der Waals surface area contributed by atoms with Crippen molar-refractivity contribution in [3.63, 3.8) is 0 Å². The van der Waals surface area contributed by atoms with Crippen LogP contribution in [0.4, 0.5) is 18.9 Å². The van der Waals surface area contributed by atoms with Gasteiger partial charge in [-0.15, -0.1) is 0 Å². The van der Waals surface area contributed by atoms with Crippen LogP contribution in [0.15, 0.2) is 24.3 Å². The standard InChI is InChI=1S/C12H13F3N2O/c13-12(14,15)7-17(10-4-5-10)11(18)8-2-1-3-9(16)6-8/h1-3,6,10H,4-5,7,16H2. The quantitative estimate of drug-likeness (QED) is 0.846. The lowest BCUT2D eigenvalue weighted by atomic mass is 10.1. The fraction of sp³-hybridized carbons (Fsp3) is 0.417. The first-order valence-corrected chi connectivity index (χ1v) is 5.60. The van der Waals surface area contributed by atoms with Crippen LogP contribution in [0.5, 0.6) is 0 Å². The Morgan fingerprint density at radius 2 is 2.06 bits per heavy atom. The maximum Gasteiger partial charge on any atom is 0.406 e. The summed E-state index contributed by atoms with van der Waals surface area (Å²) in [7, 11) is 0. The van der Waals surface area contributed by atoms with Crippen LogP contribution in [0.3, 0.4) is 0 Å². The fourth-order valence-electron chi connectivity index (χ4n) is 1.78. The summed E-state index contributed by atoms with van der Waals surface area (Å²) in [5.74, 6) is -0.609. The molecule has 0 aromatic heterocycles. The van der Waals surface area contributed by atoms with E-state index in [2.05, 4.69) is 0 Å². The Morgan fingerprint density at radius 3 is 2.56 bits per heavy atom. The first-order valence-electron chi connectivity index (χ1n) is 5.60. The van der Waals surface area contributed by atoms with Gasteiger partial charge in [-0.25, -0.2) is 0 Å². The molecule has 0 saturated heterocycles. The first kappa shape index (κ1) is 12.7. The average molecular weight is 258 g/mol. The van der Waals surface area contributed by atoms with E-state index in [1.54, 1.807) is 12.1 Å². The minimum Gasteiger partial charge on any atom is -0.399 e. The lowest BCUT2D eigenvalue weighted by Gasteiger charge is -2.23. The molecule has 1 amide bonds. The minimum absolute atomic E-state index is 0.200. The summed E-state index contributed by atoms with van der Waals surface area (Å²) in [6.45, 7) is -1.20. The number of nitrogen functional groups attached to an aromatic ring is 1. The summed E-state index contributed by atoms with van der Waals surface area (Å²) >= 11 is 0. The minimum atomic E-state index is -4.38. The zero-order valence-corrected chi connectivity index (χ0v) is 9.57. The van der Waals surface area contributed by atoms with Gasteiger partial charge in [0.15, 0.2) is 0 Å². The van der Waals surface area contributed by atoms with Crippen LogP contribution in [0.1, 0.15) is 23.2 Å². The average Bonchev–Trinajstić information content (AvgIpc) is 3.07. The number of amides is 1. The van der Waals surface area contributed by atoms with E-state index in [-0.39, 0.29) is 11.6 Å². The molecule has 0 heterocycles. The molecule has 0 atom stereocenters. The fourth-order valence-corrected chi connectivity index (χ4v) is 1.78. The van der Waals surface area contributed by atoms with Crippen molar-refractivity contribution >= 4 is 11.6 Å². The van der Waals surface area contributed by atoms with Gasteiger partial charge in [0.1, 0.15) is 6.54 Å². The summed E-state index contributed by atoms with van der Waals surface area (Å²) in [4.78, 5) is 12.9. The molecule has 1 aliphatic rings. The summed E-state index contributed by atoms with van der Waals surface area (Å²) in [5, 5.41) is 0. The predicted molar refractivity (Wildman–Crippen MR) is 61.0 cm³/mol. The monoisotopic (exact) mass is 258 g/mol. The van der Waals surface area contributed by atoms with Crippen LogP contribution in [-0.2, 0) is 0 Å². The van der Waals surface area contributed by atoms with Gasteiger partial charge in [0.2, 0.25) is 0 Å². The first-order chi connectivity index (χ1) is 8.37. The van der Waals surface area contributed by atoms with Crippen molar-refractivity contribution < 1.29 is 18.0 Å². The number of alkyl halides is 3. The van der Waals surface area contributed by atoms with Crippen molar-refractivity contribution in [1.82, 2.24) is 4.90 Å². The number of carbonyl (C=O) groups excluding carboxylic acids is 1. The predicted octanol–water partition coefficient (Wildman–Crippen LogP) is 2.44. The van der Waals surface area contributed by atoms with Crippen molar-refractivity contribution in [2.45, 2.75) is 25.1 Å². The maximum atomic E-state index is 12.4. The van der Waals surface area contributed by atoms with Gasteiger partial charge in [0, 0.05) is 17.3 Å². The molecule has 0 bridgehead atoms. The van der Waals surface area contributed by atoms with Crippen molar-refractivity contribution in [2.24, 2.45) is 0 Å². The van der Waals surface area contributed by atoms with E-state index in [4.69, 9.17) is 5.73 Å². The van der Waals surface area contributed by atoms with Crippen LogP contribution in [-0.4, -0.2) is 29.6 Å². The molecule has 1 fully saturated rings. The van der Waals surface area contributed by atoms with Crippen LogP contribution in [0.2, 0.25) is 0 Å². The van der Waals surface area contributed by atoms with Gasteiger partial charge >= 0.3 is 6.18 Å². The SMILES string of the molecule is Nc1cccc(C(=O)N(CC(F)(F)F)C2CC2)c1. The Labute approximate surface area is 102 Å². The van der Waals surface area contributed by atoms with Crippen LogP contribution < -0.4 is 5.73 Å². The van der Waals surface area contributed by atoms with E-state index in [1.165, 1.54) is 12.1 Å². The number of hydrogen-bond donors (Lipinski definition) is 1. The molecule has 0 radical (unpaired) electrons. The second-order valence-electron chi connectivity index (χ2n) is 4.40. The Morgan fingerprint density at radius 1 is 1.39 bits per heavy atom. The van der Waals surface area contributed by atoms with E-state index in [0.717, 1.165) is 4.90 Å². The molecule has 0 unspecified atom stereocenters. The van der Waals surface area contributed by atoms with Gasteiger partial charge in [0.25, 0.3) is 5.91 Å². The van der Waals surface area contributed by atoms with Crippen LogP contribution in [0, 0.1) is 0 Å². The molecule has 2 rings (SSSR count). The number of rotatable bonds is 3. The summed E-state index contributed by atoms with van der Waals surface area (Å²) in [5.41, 5.74) is 6.09. The molecule has 98 valence electrons. The number of nitrogens with two attached hydrogens (primary N) is 1. The van der Waals surface area contributed by atoms with E-state index in [0.29, 0.717) is 18.5 Å². The van der Waals surface area contributed by atoms with Crippen LogP contribution >= 0.6 is 0 Å². The molecule has 2 N–H and O–H groups in total. The van der Waals surface area contributed by atoms with Crippen molar-refractivity contribution in [3.8, 4) is 0 Å². The third-order valence-electron chi connectivity index (χ3n) is 2.73. The van der Waals surface area contributed by atoms with Crippen LogP contribution in [0.25, 0.3) is 0 Å². The highest BCUT2D eigenvalue weighted by molar-refractivity contribution is 5.95. The lowest BCUT2D eigenvalue weighted by molar-refractivity contribution is -0.141. The molecule has 18 heavy (non-hydrogen) atoms. The molecule has 0 spiro atoms. The second-order valence-corrected chi connectivity index (χ2v) is 4.40. The highest BCUT2D eigenvalue weighted by Gasteiger charge is 2.40. The van der Waals surface area contributed by atoms with Gasteiger partial charge < -0.3 is 10.6 Å². The highest BCUT2D eigenvalue weighted by Crippen LogP contribution is 2.31. The molecule has 0 aliphatic heterocycles. The van der Waals surface area contributed by atoms with Gasteiger partial charge in [-0.1, -0.05) is 6.07 Å². The summed E-state index contributed by atoms with van der Waals surface area (Å²) < 4.78 is 37.3. The third kappa shape index (κ3) is 3.15. The molecular formula is C12H13F3N2O. The molecule has 6 heteroatoms. The van der Waals surface area contributed by atoms with E-state index in [9.17, 15) is 18.0 Å². The summed E-state index contributed by atoms with van der Waals surface area (Å²) in [6.07, 6.45) is -3.12. The lowest BCUT2D eigenvalue weighted by Crippen LogP contribution is -2.40. The van der Waals surface area contributed by atoms with E-state index < -0.39 is 18.6 Å². The molecule has 1 aromatic rings. The largest absolute Gasteiger partial charge is 0.406 e. The number of halogens is 3. The molecule has 1 aromatic carbocycles.